The molecule has 3 rings (SSSR count). The zero-order valence-corrected chi connectivity index (χ0v) is 12.4. The van der Waals surface area contributed by atoms with Gasteiger partial charge in [-0.3, -0.25) is 0 Å². The lowest BCUT2D eigenvalue weighted by Crippen LogP contribution is -2.22. The van der Waals surface area contributed by atoms with Crippen LogP contribution >= 0.6 is 23.2 Å². The summed E-state index contributed by atoms with van der Waals surface area (Å²) in [4.78, 5) is 0. The van der Waals surface area contributed by atoms with E-state index in [1.165, 1.54) is 11.1 Å². The average molecular weight is 302 g/mol. The number of halogens is 2. The standard InChI is InChI=1S/C17H13Cl2N/c18-15-6-5-14(16(19)7-15)10-17(11-20)8-12-3-1-2-4-13(12)9-17/h1-7H,8-10H2. The molecule has 0 unspecified atom stereocenters. The van der Waals surface area contributed by atoms with Gasteiger partial charge in [0, 0.05) is 10.0 Å². The van der Waals surface area contributed by atoms with Gasteiger partial charge in [-0.05, 0) is 48.1 Å². The van der Waals surface area contributed by atoms with Crippen LogP contribution in [0.1, 0.15) is 16.7 Å². The molecule has 1 aliphatic carbocycles. The Kier molecular flexibility index (Phi) is 3.46. The molecule has 3 heteroatoms. The molecule has 1 nitrogen and oxygen atoms in total. The van der Waals surface area contributed by atoms with Crippen molar-refractivity contribution in [2.75, 3.05) is 0 Å². The van der Waals surface area contributed by atoms with Crippen molar-refractivity contribution >= 4 is 23.2 Å². The molecule has 100 valence electrons. The fourth-order valence-corrected chi connectivity index (χ4v) is 3.44. The molecule has 0 bridgehead atoms. The molecule has 0 saturated heterocycles. The van der Waals surface area contributed by atoms with Crippen molar-refractivity contribution < 1.29 is 0 Å². The molecule has 0 atom stereocenters. The monoisotopic (exact) mass is 301 g/mol. The van der Waals surface area contributed by atoms with Crippen molar-refractivity contribution in [2.45, 2.75) is 19.3 Å². The van der Waals surface area contributed by atoms with Gasteiger partial charge in [0.1, 0.15) is 0 Å². The Hall–Kier alpha value is -1.49. The number of rotatable bonds is 2. The third-order valence-electron chi connectivity index (χ3n) is 3.96. The molecule has 0 amide bonds. The van der Waals surface area contributed by atoms with E-state index in [2.05, 4.69) is 18.2 Å². The van der Waals surface area contributed by atoms with E-state index in [1.807, 2.05) is 24.3 Å². The number of benzene rings is 2. The topological polar surface area (TPSA) is 23.8 Å². The zero-order chi connectivity index (χ0) is 14.2. The Morgan fingerprint density at radius 3 is 2.25 bits per heavy atom. The molecular weight excluding hydrogens is 289 g/mol. The summed E-state index contributed by atoms with van der Waals surface area (Å²) >= 11 is 12.2. The molecule has 20 heavy (non-hydrogen) atoms. The molecule has 0 spiro atoms. The molecule has 1 aliphatic rings. The Morgan fingerprint density at radius 2 is 1.70 bits per heavy atom. The van der Waals surface area contributed by atoms with Crippen LogP contribution in [0.15, 0.2) is 42.5 Å². The second kappa shape index (κ2) is 5.13. The van der Waals surface area contributed by atoms with Crippen LogP contribution < -0.4 is 0 Å². The van der Waals surface area contributed by atoms with Crippen LogP contribution in [-0.4, -0.2) is 0 Å². The van der Waals surface area contributed by atoms with E-state index in [0.717, 1.165) is 18.4 Å². The maximum atomic E-state index is 9.68. The zero-order valence-electron chi connectivity index (χ0n) is 10.9. The van der Waals surface area contributed by atoms with Crippen LogP contribution in [0.2, 0.25) is 10.0 Å². The first-order chi connectivity index (χ1) is 9.62. The highest BCUT2D eigenvalue weighted by atomic mass is 35.5. The fourth-order valence-electron chi connectivity index (χ4n) is 2.97. The minimum atomic E-state index is -0.388. The molecule has 0 heterocycles. The second-order valence-electron chi connectivity index (χ2n) is 5.43. The van der Waals surface area contributed by atoms with Crippen molar-refractivity contribution in [3.8, 4) is 6.07 Å². The highest BCUT2D eigenvalue weighted by molar-refractivity contribution is 6.35. The summed E-state index contributed by atoms with van der Waals surface area (Å²) in [5.41, 5.74) is 3.16. The molecular formula is C17H13Cl2N. The van der Waals surface area contributed by atoms with Gasteiger partial charge < -0.3 is 0 Å². The van der Waals surface area contributed by atoms with Crippen molar-refractivity contribution in [1.29, 1.82) is 5.26 Å². The summed E-state index contributed by atoms with van der Waals surface area (Å²) in [7, 11) is 0. The molecule has 0 aromatic heterocycles. The molecule has 0 fully saturated rings. The summed E-state index contributed by atoms with van der Waals surface area (Å²) in [5.74, 6) is 0. The molecule has 0 N–H and O–H groups in total. The molecule has 0 radical (unpaired) electrons. The van der Waals surface area contributed by atoms with Gasteiger partial charge in [0.15, 0.2) is 0 Å². The van der Waals surface area contributed by atoms with Crippen LogP contribution in [0, 0.1) is 16.7 Å². The molecule has 2 aromatic carbocycles. The van der Waals surface area contributed by atoms with Crippen molar-refractivity contribution in [1.82, 2.24) is 0 Å². The predicted octanol–water partition coefficient (Wildman–Crippen LogP) is 4.84. The summed E-state index contributed by atoms with van der Waals surface area (Å²) in [6.45, 7) is 0. The number of fused-ring (bicyclic) bond motifs is 1. The Morgan fingerprint density at radius 1 is 1.05 bits per heavy atom. The van der Waals surface area contributed by atoms with Crippen LogP contribution in [0.4, 0.5) is 0 Å². The molecule has 2 aromatic rings. The van der Waals surface area contributed by atoms with Crippen LogP contribution in [0.25, 0.3) is 0 Å². The lowest BCUT2D eigenvalue weighted by molar-refractivity contribution is 0.418. The van der Waals surface area contributed by atoms with E-state index in [1.54, 1.807) is 6.07 Å². The highest BCUT2D eigenvalue weighted by Gasteiger charge is 2.37. The van der Waals surface area contributed by atoms with E-state index in [-0.39, 0.29) is 5.41 Å². The van der Waals surface area contributed by atoms with Gasteiger partial charge in [0.2, 0.25) is 0 Å². The SMILES string of the molecule is N#CC1(Cc2ccc(Cl)cc2Cl)Cc2ccccc2C1. The predicted molar refractivity (Wildman–Crippen MR) is 82.1 cm³/mol. The van der Waals surface area contributed by atoms with Gasteiger partial charge in [0.05, 0.1) is 11.5 Å². The van der Waals surface area contributed by atoms with E-state index < -0.39 is 0 Å². The largest absolute Gasteiger partial charge is 0.198 e. The van der Waals surface area contributed by atoms with Gasteiger partial charge in [-0.2, -0.15) is 5.26 Å². The normalized spacial score (nSPS) is 15.7. The summed E-state index contributed by atoms with van der Waals surface area (Å²) in [6, 6.07) is 16.3. The summed E-state index contributed by atoms with van der Waals surface area (Å²) in [6.07, 6.45) is 2.24. The maximum Gasteiger partial charge on any atom is 0.0700 e. The van der Waals surface area contributed by atoms with Crippen LogP contribution in [-0.2, 0) is 19.3 Å². The average Bonchev–Trinajstić information content (AvgIpc) is 2.81. The molecule has 0 saturated carbocycles. The first-order valence-corrected chi connectivity index (χ1v) is 7.29. The van der Waals surface area contributed by atoms with Gasteiger partial charge in [-0.25, -0.2) is 0 Å². The summed E-state index contributed by atoms with van der Waals surface area (Å²) in [5, 5.41) is 10.9. The number of nitrogens with zero attached hydrogens (tertiary/aromatic N) is 1. The minimum Gasteiger partial charge on any atom is -0.198 e. The maximum absolute atomic E-state index is 9.68. The quantitative estimate of drug-likeness (QED) is 0.778. The van der Waals surface area contributed by atoms with Gasteiger partial charge in [-0.1, -0.05) is 53.5 Å². The summed E-state index contributed by atoms with van der Waals surface area (Å²) < 4.78 is 0. The number of nitriles is 1. The van der Waals surface area contributed by atoms with Gasteiger partial charge in [-0.15, -0.1) is 0 Å². The minimum absolute atomic E-state index is 0.388. The first-order valence-electron chi connectivity index (χ1n) is 6.54. The smallest absolute Gasteiger partial charge is 0.0700 e. The number of hydrogen-bond donors (Lipinski definition) is 0. The highest BCUT2D eigenvalue weighted by Crippen LogP contribution is 2.40. The van der Waals surface area contributed by atoms with E-state index in [0.29, 0.717) is 16.5 Å². The van der Waals surface area contributed by atoms with E-state index in [9.17, 15) is 5.26 Å². The van der Waals surface area contributed by atoms with Crippen LogP contribution in [0.5, 0.6) is 0 Å². The second-order valence-corrected chi connectivity index (χ2v) is 6.27. The van der Waals surface area contributed by atoms with Crippen molar-refractivity contribution in [3.63, 3.8) is 0 Å². The van der Waals surface area contributed by atoms with Gasteiger partial charge >= 0.3 is 0 Å². The Balaban J connectivity index is 1.92. The lowest BCUT2D eigenvalue weighted by Gasteiger charge is -2.21. The van der Waals surface area contributed by atoms with Crippen LogP contribution in [0.3, 0.4) is 0 Å². The van der Waals surface area contributed by atoms with Gasteiger partial charge in [0.25, 0.3) is 0 Å². The molecule has 0 aliphatic heterocycles. The third-order valence-corrected chi connectivity index (χ3v) is 4.54. The van der Waals surface area contributed by atoms with Crippen molar-refractivity contribution in [3.05, 3.63) is 69.2 Å². The van der Waals surface area contributed by atoms with E-state index in [4.69, 9.17) is 23.2 Å². The Bertz CT molecular complexity index is 675. The van der Waals surface area contributed by atoms with Crippen molar-refractivity contribution in [2.24, 2.45) is 5.41 Å². The number of hydrogen-bond acceptors (Lipinski definition) is 1. The lowest BCUT2D eigenvalue weighted by atomic mass is 9.80. The third kappa shape index (κ3) is 2.42. The van der Waals surface area contributed by atoms with E-state index >= 15 is 0 Å². The first kappa shape index (κ1) is 13.5. The Labute approximate surface area is 128 Å². The fraction of sp³-hybridized carbons (Fsp3) is 0.235.